The van der Waals surface area contributed by atoms with Crippen molar-refractivity contribution in [1.29, 1.82) is 0 Å². The van der Waals surface area contributed by atoms with Gasteiger partial charge in [-0.2, -0.15) is 0 Å². The van der Waals surface area contributed by atoms with E-state index in [1.807, 2.05) is 31.2 Å². The molecule has 1 saturated heterocycles. The van der Waals surface area contributed by atoms with E-state index in [0.29, 0.717) is 30.0 Å². The van der Waals surface area contributed by atoms with Crippen molar-refractivity contribution in [2.24, 2.45) is 0 Å². The molecule has 2 aromatic rings. The Kier molecular flexibility index (Phi) is 6.56. The van der Waals surface area contributed by atoms with E-state index in [2.05, 4.69) is 0 Å². The van der Waals surface area contributed by atoms with Crippen LogP contribution in [0.2, 0.25) is 0 Å². The first-order valence-corrected chi connectivity index (χ1v) is 10.9. The molecule has 0 radical (unpaired) electrons. The molecule has 2 aliphatic heterocycles. The number of benzene rings is 2. The van der Waals surface area contributed by atoms with E-state index in [0.717, 1.165) is 44.0 Å². The van der Waals surface area contributed by atoms with Crippen molar-refractivity contribution in [3.05, 3.63) is 58.8 Å². The lowest BCUT2D eigenvalue weighted by atomic mass is 10.0. The molecule has 0 aliphatic carbocycles. The first-order chi connectivity index (χ1) is 15.1. The van der Waals surface area contributed by atoms with E-state index in [1.165, 1.54) is 9.80 Å². The molecular weight excluding hydrogens is 396 g/mol. The average molecular weight is 427 g/mol. The maximum absolute atomic E-state index is 12.9. The number of ether oxygens (including phenoxy) is 2. The second kappa shape index (κ2) is 9.51. The topological polar surface area (TPSA) is 84.9 Å². The number of fused-ring (bicyclic) bond motifs is 1. The molecule has 0 aromatic heterocycles. The van der Waals surface area contributed by atoms with Gasteiger partial charge >= 0.3 is 0 Å². The Hall–Kier alpha value is -2.87. The zero-order chi connectivity index (χ0) is 21.8. The number of aromatic hydroxyl groups is 1. The molecule has 2 aromatic carbocycles. The molecule has 2 heterocycles. The van der Waals surface area contributed by atoms with E-state index in [-0.39, 0.29) is 23.9 Å². The van der Waals surface area contributed by atoms with Crippen LogP contribution in [0.1, 0.15) is 28.4 Å². The van der Waals surface area contributed by atoms with Crippen LogP contribution in [-0.2, 0) is 6.54 Å². The van der Waals surface area contributed by atoms with E-state index >= 15 is 0 Å². The van der Waals surface area contributed by atoms with Crippen LogP contribution in [0.25, 0.3) is 6.08 Å². The number of nitrogens with one attached hydrogen (secondary N) is 2. The molecule has 7 heteroatoms. The number of hydrogen-bond donors (Lipinski definition) is 4. The zero-order valence-electron chi connectivity index (χ0n) is 17.8. The number of piperazine rings is 1. The highest BCUT2D eigenvalue weighted by Crippen LogP contribution is 2.39. The number of hydrogen-bond acceptors (Lipinski definition) is 5. The van der Waals surface area contributed by atoms with Gasteiger partial charge in [0.05, 0.1) is 24.3 Å². The molecule has 7 nitrogen and oxygen atoms in total. The maximum Gasteiger partial charge on any atom is 0.231 e. The zero-order valence-corrected chi connectivity index (χ0v) is 17.8. The Morgan fingerprint density at radius 3 is 2.45 bits per heavy atom. The molecule has 0 bridgehead atoms. The molecule has 0 atom stereocenters. The van der Waals surface area contributed by atoms with Crippen molar-refractivity contribution in [3.8, 4) is 17.2 Å². The first-order valence-electron chi connectivity index (χ1n) is 10.9. The summed E-state index contributed by atoms with van der Waals surface area (Å²) in [5.41, 5.74) is 2.02. The predicted octanol–water partition coefficient (Wildman–Crippen LogP) is -0.317. The SMILES string of the molecule is CCOc1ccc(/C=C2\Oc3c(ccc(O)c3C[NH+]3CC[NH+](CCO)CC3)C2=O)cc1. The van der Waals surface area contributed by atoms with Crippen LogP contribution in [0.4, 0.5) is 0 Å². The number of aliphatic hydroxyl groups excluding tert-OH is 1. The summed E-state index contributed by atoms with van der Waals surface area (Å²) < 4.78 is 11.4. The standard InChI is InChI=1S/C24H28N2O5/c1-2-30-18-5-3-17(4-6-18)15-22-23(29)19-7-8-21(28)20(24(19)31-22)16-26-11-9-25(10-12-26)13-14-27/h3-8,15,27-28H,2,9-14,16H2,1H3/p+2/b22-15-. The van der Waals surface area contributed by atoms with Gasteiger partial charge in [-0.3, -0.25) is 4.79 Å². The van der Waals surface area contributed by atoms with Crippen molar-refractivity contribution >= 4 is 11.9 Å². The third kappa shape index (κ3) is 4.74. The largest absolute Gasteiger partial charge is 0.507 e. The summed E-state index contributed by atoms with van der Waals surface area (Å²) in [6.07, 6.45) is 1.72. The number of ketones is 1. The van der Waals surface area contributed by atoms with Crippen molar-refractivity contribution in [2.45, 2.75) is 13.5 Å². The number of allylic oxidation sites excluding steroid dienone is 1. The molecule has 0 amide bonds. The molecule has 0 saturated carbocycles. The molecule has 2 aliphatic rings. The van der Waals surface area contributed by atoms with Crippen LogP contribution in [0, 0.1) is 0 Å². The van der Waals surface area contributed by atoms with Crippen LogP contribution in [0.15, 0.2) is 42.2 Å². The van der Waals surface area contributed by atoms with Crippen molar-refractivity contribution in [1.82, 2.24) is 0 Å². The van der Waals surface area contributed by atoms with Gasteiger partial charge in [0, 0.05) is 0 Å². The maximum atomic E-state index is 12.9. The summed E-state index contributed by atoms with van der Waals surface area (Å²) >= 11 is 0. The quantitative estimate of drug-likeness (QED) is 0.456. The van der Waals surface area contributed by atoms with Gasteiger partial charge in [-0.05, 0) is 42.8 Å². The normalized spacial score (nSPS) is 21.7. The number of quaternary nitrogens is 2. The summed E-state index contributed by atoms with van der Waals surface area (Å²) in [5, 5.41) is 19.6. The Balaban J connectivity index is 1.51. The minimum atomic E-state index is -0.169. The number of Topliss-reactive ketones (excluding diaryl/α,β-unsaturated/α-hetero) is 1. The molecule has 4 rings (SSSR count). The van der Waals surface area contributed by atoms with Crippen LogP contribution in [0.5, 0.6) is 17.2 Å². The summed E-state index contributed by atoms with van der Waals surface area (Å²) in [6.45, 7) is 7.97. The van der Waals surface area contributed by atoms with E-state index in [1.54, 1.807) is 18.2 Å². The van der Waals surface area contributed by atoms with Gasteiger partial charge < -0.3 is 29.5 Å². The van der Waals surface area contributed by atoms with Crippen molar-refractivity contribution in [3.63, 3.8) is 0 Å². The number of phenolic OH excluding ortho intramolecular Hbond substituents is 1. The third-order valence-electron chi connectivity index (χ3n) is 5.96. The summed E-state index contributed by atoms with van der Waals surface area (Å²) in [7, 11) is 0. The number of carbonyl (C=O) groups is 1. The van der Waals surface area contributed by atoms with Crippen LogP contribution in [0.3, 0.4) is 0 Å². The number of phenols is 1. The molecular formula is C24H30N2O5+2. The molecule has 164 valence electrons. The van der Waals surface area contributed by atoms with Gasteiger partial charge in [-0.1, -0.05) is 12.1 Å². The fourth-order valence-corrected chi connectivity index (χ4v) is 4.24. The fraction of sp³-hybridized carbons (Fsp3) is 0.375. The average Bonchev–Trinajstić information content (AvgIpc) is 3.09. The fourth-order valence-electron chi connectivity index (χ4n) is 4.24. The number of carbonyl (C=O) groups excluding carboxylic acids is 1. The molecule has 31 heavy (non-hydrogen) atoms. The van der Waals surface area contributed by atoms with E-state index < -0.39 is 0 Å². The number of rotatable bonds is 7. The second-order valence-electron chi connectivity index (χ2n) is 8.03. The van der Waals surface area contributed by atoms with Crippen LogP contribution < -0.4 is 19.3 Å². The minimum absolute atomic E-state index is 0.159. The Morgan fingerprint density at radius 1 is 1.06 bits per heavy atom. The molecule has 4 N–H and O–H groups in total. The van der Waals surface area contributed by atoms with Gasteiger partial charge in [0.2, 0.25) is 5.78 Å². The monoisotopic (exact) mass is 426 g/mol. The first kappa shape index (κ1) is 21.4. The minimum Gasteiger partial charge on any atom is -0.507 e. The predicted molar refractivity (Wildman–Crippen MR) is 116 cm³/mol. The molecule has 1 fully saturated rings. The highest BCUT2D eigenvalue weighted by molar-refractivity contribution is 6.14. The van der Waals surface area contributed by atoms with E-state index in [4.69, 9.17) is 14.6 Å². The lowest BCUT2D eigenvalue weighted by molar-refractivity contribution is -1.02. The summed E-state index contributed by atoms with van der Waals surface area (Å²) in [4.78, 5) is 15.6. The van der Waals surface area contributed by atoms with Gasteiger partial charge in [-0.25, -0.2) is 0 Å². The van der Waals surface area contributed by atoms with E-state index in [9.17, 15) is 9.90 Å². The van der Waals surface area contributed by atoms with Crippen LogP contribution >= 0.6 is 0 Å². The van der Waals surface area contributed by atoms with Crippen molar-refractivity contribution < 1.29 is 34.3 Å². The lowest BCUT2D eigenvalue weighted by Crippen LogP contribution is -3.27. The lowest BCUT2D eigenvalue weighted by Gasteiger charge is -2.29. The van der Waals surface area contributed by atoms with Crippen molar-refractivity contribution in [2.75, 3.05) is 45.9 Å². The Bertz CT molecular complexity index is 963. The Labute approximate surface area is 182 Å². The molecule has 0 unspecified atom stereocenters. The van der Waals surface area contributed by atoms with Crippen LogP contribution in [-0.4, -0.2) is 61.9 Å². The highest BCUT2D eigenvalue weighted by Gasteiger charge is 2.33. The second-order valence-corrected chi connectivity index (χ2v) is 8.03. The highest BCUT2D eigenvalue weighted by atomic mass is 16.5. The van der Waals surface area contributed by atoms with Gasteiger partial charge in [0.15, 0.2) is 11.5 Å². The third-order valence-corrected chi connectivity index (χ3v) is 5.96. The van der Waals surface area contributed by atoms with Gasteiger partial charge in [0.25, 0.3) is 0 Å². The molecule has 0 spiro atoms. The Morgan fingerprint density at radius 2 is 1.77 bits per heavy atom. The summed E-state index contributed by atoms with van der Waals surface area (Å²) in [6, 6.07) is 10.7. The smallest absolute Gasteiger partial charge is 0.231 e. The number of aliphatic hydroxyl groups is 1. The summed E-state index contributed by atoms with van der Waals surface area (Å²) in [5.74, 6) is 1.50. The van der Waals surface area contributed by atoms with Gasteiger partial charge in [0.1, 0.15) is 50.8 Å². The van der Waals surface area contributed by atoms with Gasteiger partial charge in [-0.15, -0.1) is 0 Å².